The number of rotatable bonds is 3. The summed E-state index contributed by atoms with van der Waals surface area (Å²) in [5.74, 6) is 0.169. The molecule has 0 radical (unpaired) electrons. The number of nitrogens with one attached hydrogen (secondary N) is 1. The highest BCUT2D eigenvalue weighted by Crippen LogP contribution is 2.26. The second-order valence-electron chi connectivity index (χ2n) is 3.18. The molecule has 0 saturated carbocycles. The van der Waals surface area contributed by atoms with Gasteiger partial charge in [0, 0.05) is 18.0 Å². The summed E-state index contributed by atoms with van der Waals surface area (Å²) in [5, 5.41) is 3.15. The van der Waals surface area contributed by atoms with Crippen LogP contribution >= 0.6 is 23.2 Å². The number of carbonyl (C=O) groups excluding carboxylic acids is 1. The van der Waals surface area contributed by atoms with Crippen molar-refractivity contribution in [2.45, 2.75) is 13.3 Å². The topological polar surface area (TPSA) is 55.1 Å². The highest BCUT2D eigenvalue weighted by Gasteiger charge is 2.06. The Kier molecular flexibility index (Phi) is 4.24. The number of hydrogen-bond acceptors (Lipinski definition) is 2. The highest BCUT2D eigenvalue weighted by molar-refractivity contribution is 6.33. The molecule has 82 valence electrons. The minimum absolute atomic E-state index is 0.131. The number of carbonyl (C=O) groups is 1. The van der Waals surface area contributed by atoms with E-state index in [-0.39, 0.29) is 12.3 Å². The third-order valence-corrected chi connectivity index (χ3v) is 2.46. The van der Waals surface area contributed by atoms with Gasteiger partial charge >= 0.3 is 0 Å². The fourth-order valence-corrected chi connectivity index (χ4v) is 1.47. The Labute approximate surface area is 98.5 Å². The van der Waals surface area contributed by atoms with Gasteiger partial charge in [-0.15, -0.1) is 11.6 Å². The minimum Gasteiger partial charge on any atom is -0.398 e. The number of nitrogen functional groups attached to an aromatic ring is 1. The van der Waals surface area contributed by atoms with E-state index in [1.54, 1.807) is 12.1 Å². The zero-order valence-corrected chi connectivity index (χ0v) is 9.82. The van der Waals surface area contributed by atoms with Crippen LogP contribution in [-0.2, 0) is 4.79 Å². The zero-order valence-electron chi connectivity index (χ0n) is 8.31. The van der Waals surface area contributed by atoms with Crippen molar-refractivity contribution in [2.24, 2.45) is 0 Å². The molecule has 1 aromatic rings. The summed E-state index contributed by atoms with van der Waals surface area (Å²) in [6.07, 6.45) is 0.281. The zero-order chi connectivity index (χ0) is 11.4. The van der Waals surface area contributed by atoms with Crippen LogP contribution in [0, 0.1) is 6.92 Å². The van der Waals surface area contributed by atoms with Gasteiger partial charge in [0.2, 0.25) is 5.91 Å². The van der Waals surface area contributed by atoms with Gasteiger partial charge in [-0.1, -0.05) is 11.6 Å². The molecule has 0 saturated heterocycles. The van der Waals surface area contributed by atoms with Crippen LogP contribution in [0.5, 0.6) is 0 Å². The molecule has 0 bridgehead atoms. The first-order valence-corrected chi connectivity index (χ1v) is 5.37. The van der Waals surface area contributed by atoms with Crippen molar-refractivity contribution >= 4 is 40.5 Å². The Bertz CT molecular complexity index is 380. The van der Waals surface area contributed by atoms with E-state index in [2.05, 4.69) is 5.32 Å². The molecular formula is C10H12Cl2N2O. The van der Waals surface area contributed by atoms with Crippen LogP contribution in [0.3, 0.4) is 0 Å². The van der Waals surface area contributed by atoms with Crippen LogP contribution in [-0.4, -0.2) is 11.8 Å². The van der Waals surface area contributed by atoms with Gasteiger partial charge in [0.25, 0.3) is 0 Å². The molecule has 0 heterocycles. The van der Waals surface area contributed by atoms with E-state index in [9.17, 15) is 4.79 Å². The highest BCUT2D eigenvalue weighted by atomic mass is 35.5. The first kappa shape index (κ1) is 12.1. The number of nitrogens with two attached hydrogens (primary N) is 1. The largest absolute Gasteiger partial charge is 0.398 e. The van der Waals surface area contributed by atoms with Crippen molar-refractivity contribution in [3.63, 3.8) is 0 Å². The lowest BCUT2D eigenvalue weighted by Crippen LogP contribution is -2.12. The maximum Gasteiger partial charge on any atom is 0.225 e. The lowest BCUT2D eigenvalue weighted by molar-refractivity contribution is -0.115. The molecule has 1 rings (SSSR count). The van der Waals surface area contributed by atoms with E-state index in [0.29, 0.717) is 22.3 Å². The van der Waals surface area contributed by atoms with Crippen LogP contribution < -0.4 is 11.1 Å². The van der Waals surface area contributed by atoms with Crippen molar-refractivity contribution in [3.8, 4) is 0 Å². The predicted octanol–water partition coefficient (Wildman–Crippen LogP) is 2.80. The third kappa shape index (κ3) is 3.29. The monoisotopic (exact) mass is 246 g/mol. The summed E-state index contributed by atoms with van der Waals surface area (Å²) in [6.45, 7) is 1.85. The summed E-state index contributed by atoms with van der Waals surface area (Å²) in [4.78, 5) is 11.3. The van der Waals surface area contributed by atoms with Crippen molar-refractivity contribution in [1.29, 1.82) is 0 Å². The van der Waals surface area contributed by atoms with Gasteiger partial charge in [-0.3, -0.25) is 4.79 Å². The summed E-state index contributed by atoms with van der Waals surface area (Å²) in [5.41, 5.74) is 7.66. The SMILES string of the molecule is Cc1cc(N)c(Cl)cc1NC(=O)CCCl. The second-order valence-corrected chi connectivity index (χ2v) is 3.96. The van der Waals surface area contributed by atoms with E-state index < -0.39 is 0 Å². The first-order valence-electron chi connectivity index (χ1n) is 4.46. The average molecular weight is 247 g/mol. The van der Waals surface area contributed by atoms with E-state index in [1.807, 2.05) is 6.92 Å². The summed E-state index contributed by atoms with van der Waals surface area (Å²) in [7, 11) is 0. The fraction of sp³-hybridized carbons (Fsp3) is 0.300. The van der Waals surface area contributed by atoms with E-state index in [4.69, 9.17) is 28.9 Å². The molecule has 1 amide bonds. The van der Waals surface area contributed by atoms with Crippen molar-refractivity contribution in [1.82, 2.24) is 0 Å². The number of halogens is 2. The molecule has 5 heteroatoms. The molecule has 3 N–H and O–H groups in total. The van der Waals surface area contributed by atoms with Gasteiger partial charge in [0.05, 0.1) is 10.7 Å². The fourth-order valence-electron chi connectivity index (χ4n) is 1.14. The molecule has 0 unspecified atom stereocenters. The molecule has 3 nitrogen and oxygen atoms in total. The van der Waals surface area contributed by atoms with E-state index in [0.717, 1.165) is 5.56 Å². The smallest absolute Gasteiger partial charge is 0.225 e. The third-order valence-electron chi connectivity index (χ3n) is 1.94. The molecule has 0 atom stereocenters. The number of amides is 1. The first-order chi connectivity index (χ1) is 7.04. The molecule has 0 aliphatic heterocycles. The van der Waals surface area contributed by atoms with Gasteiger partial charge < -0.3 is 11.1 Å². The van der Waals surface area contributed by atoms with Gasteiger partial charge in [-0.2, -0.15) is 0 Å². The molecule has 15 heavy (non-hydrogen) atoms. The second kappa shape index (κ2) is 5.24. The summed E-state index contributed by atoms with van der Waals surface area (Å²) < 4.78 is 0. The Morgan fingerprint density at radius 2 is 2.20 bits per heavy atom. The summed E-state index contributed by atoms with van der Waals surface area (Å²) >= 11 is 11.3. The maximum atomic E-state index is 11.3. The van der Waals surface area contributed by atoms with Crippen LogP contribution in [0.1, 0.15) is 12.0 Å². The van der Waals surface area contributed by atoms with Crippen molar-refractivity contribution < 1.29 is 4.79 Å². The van der Waals surface area contributed by atoms with Crippen LogP contribution in [0.15, 0.2) is 12.1 Å². The number of alkyl halides is 1. The van der Waals surface area contributed by atoms with Gasteiger partial charge in [0.15, 0.2) is 0 Å². The molecule has 0 aromatic heterocycles. The van der Waals surface area contributed by atoms with E-state index in [1.165, 1.54) is 0 Å². The number of hydrogen-bond donors (Lipinski definition) is 2. The van der Waals surface area contributed by atoms with Gasteiger partial charge in [0.1, 0.15) is 0 Å². The molecular weight excluding hydrogens is 235 g/mol. The Morgan fingerprint density at radius 1 is 1.53 bits per heavy atom. The molecule has 1 aromatic carbocycles. The molecule has 0 fully saturated rings. The minimum atomic E-state index is -0.131. The van der Waals surface area contributed by atoms with Gasteiger partial charge in [-0.25, -0.2) is 0 Å². The quantitative estimate of drug-likeness (QED) is 0.637. The number of benzene rings is 1. The van der Waals surface area contributed by atoms with Crippen molar-refractivity contribution in [3.05, 3.63) is 22.7 Å². The van der Waals surface area contributed by atoms with Crippen LogP contribution in [0.4, 0.5) is 11.4 Å². The number of aryl methyl sites for hydroxylation is 1. The molecule has 0 aliphatic carbocycles. The predicted molar refractivity (Wildman–Crippen MR) is 64.6 cm³/mol. The van der Waals surface area contributed by atoms with E-state index >= 15 is 0 Å². The molecule has 0 aliphatic rings. The lowest BCUT2D eigenvalue weighted by atomic mass is 10.1. The summed E-state index contributed by atoms with van der Waals surface area (Å²) in [6, 6.07) is 3.36. The molecule has 0 spiro atoms. The standard InChI is InChI=1S/C10H12Cl2N2O/c1-6-4-8(13)7(12)5-9(6)14-10(15)2-3-11/h4-5H,2-3,13H2,1H3,(H,14,15). The maximum absolute atomic E-state index is 11.3. The van der Waals surface area contributed by atoms with Gasteiger partial charge in [-0.05, 0) is 24.6 Å². The Hall–Kier alpha value is -0.930. The van der Waals surface area contributed by atoms with Crippen molar-refractivity contribution in [2.75, 3.05) is 16.9 Å². The van der Waals surface area contributed by atoms with Crippen LogP contribution in [0.25, 0.3) is 0 Å². The lowest BCUT2D eigenvalue weighted by Gasteiger charge is -2.09. The normalized spacial score (nSPS) is 10.1. The Morgan fingerprint density at radius 3 is 2.80 bits per heavy atom. The Balaban J connectivity index is 2.86. The number of anilines is 2. The van der Waals surface area contributed by atoms with Crippen LogP contribution in [0.2, 0.25) is 5.02 Å². The average Bonchev–Trinajstić information content (AvgIpc) is 2.14.